The minimum atomic E-state index is 0.0233. The quantitative estimate of drug-likeness (QED) is 0.808. The molecule has 0 bridgehead atoms. The van der Waals surface area contributed by atoms with E-state index in [-0.39, 0.29) is 5.78 Å². The predicted molar refractivity (Wildman–Crippen MR) is 77.7 cm³/mol. The Hall–Kier alpha value is -1.68. The van der Waals surface area contributed by atoms with Crippen LogP contribution < -0.4 is 4.74 Å². The van der Waals surface area contributed by atoms with E-state index >= 15 is 0 Å². The summed E-state index contributed by atoms with van der Waals surface area (Å²) in [6.07, 6.45) is 1.98. The maximum absolute atomic E-state index is 12.2. The summed E-state index contributed by atoms with van der Waals surface area (Å²) in [5.74, 6) is 0.778. The number of nitrogens with zero attached hydrogens (tertiary/aromatic N) is 1. The number of Topliss-reactive ketones (excluding diaryl/α,β-unsaturated/α-hetero) is 1. The number of aromatic nitrogens is 1. The van der Waals surface area contributed by atoms with Gasteiger partial charge >= 0.3 is 0 Å². The summed E-state index contributed by atoms with van der Waals surface area (Å²) in [6, 6.07) is 9.35. The second-order valence-corrected chi connectivity index (χ2v) is 5.09. The van der Waals surface area contributed by atoms with Crippen LogP contribution in [0.5, 0.6) is 5.75 Å². The molecule has 1 aromatic carbocycles. The first-order valence-electron chi connectivity index (χ1n) is 5.89. The first kappa shape index (κ1) is 13.7. The molecule has 0 unspecified atom stereocenters. The van der Waals surface area contributed by atoms with E-state index in [4.69, 9.17) is 4.74 Å². The van der Waals surface area contributed by atoms with Gasteiger partial charge in [-0.15, -0.1) is 0 Å². The van der Waals surface area contributed by atoms with Crippen molar-refractivity contribution in [1.29, 1.82) is 0 Å². The number of aryl methyl sites for hydroxylation is 1. The Labute approximate surface area is 120 Å². The molecule has 0 saturated carbocycles. The van der Waals surface area contributed by atoms with Crippen molar-refractivity contribution < 1.29 is 9.53 Å². The molecule has 4 heteroatoms. The van der Waals surface area contributed by atoms with Gasteiger partial charge in [-0.3, -0.25) is 9.78 Å². The molecular weight excluding hydrogens is 306 g/mol. The van der Waals surface area contributed by atoms with Crippen LogP contribution >= 0.6 is 15.9 Å². The Bertz CT molecular complexity index is 611. The summed E-state index contributed by atoms with van der Waals surface area (Å²) in [6.45, 7) is 1.89. The molecule has 1 aromatic heterocycles. The predicted octanol–water partition coefficient (Wildman–Crippen LogP) is 3.59. The highest BCUT2D eigenvalue weighted by Crippen LogP contribution is 2.26. The number of carbonyl (C=O) groups excluding carboxylic acids is 1. The molecule has 2 rings (SSSR count). The average molecular weight is 320 g/mol. The molecule has 0 aliphatic heterocycles. The van der Waals surface area contributed by atoms with E-state index < -0.39 is 0 Å². The molecular formula is C15H14BrNO2. The van der Waals surface area contributed by atoms with Crippen molar-refractivity contribution in [3.05, 3.63) is 57.8 Å². The summed E-state index contributed by atoms with van der Waals surface area (Å²) in [5, 5.41) is 0. The number of methoxy groups -OCH3 is 1. The SMILES string of the molecule is COc1ccc(CC(=O)c2ncccc2C)cc1Br. The Morgan fingerprint density at radius 3 is 2.79 bits per heavy atom. The third-order valence-corrected chi connectivity index (χ3v) is 3.47. The summed E-state index contributed by atoms with van der Waals surface area (Å²) in [5.41, 5.74) is 2.37. The molecule has 0 amide bonds. The minimum Gasteiger partial charge on any atom is -0.496 e. The van der Waals surface area contributed by atoms with Crippen LogP contribution in [0.25, 0.3) is 0 Å². The largest absolute Gasteiger partial charge is 0.496 e. The third-order valence-electron chi connectivity index (χ3n) is 2.85. The number of hydrogen-bond donors (Lipinski definition) is 0. The average Bonchev–Trinajstić information content (AvgIpc) is 2.39. The van der Waals surface area contributed by atoms with Crippen molar-refractivity contribution in [2.24, 2.45) is 0 Å². The van der Waals surface area contributed by atoms with Crippen molar-refractivity contribution in [1.82, 2.24) is 4.98 Å². The van der Waals surface area contributed by atoms with Crippen LogP contribution in [0.2, 0.25) is 0 Å². The first-order chi connectivity index (χ1) is 9.11. The summed E-state index contributed by atoms with van der Waals surface area (Å²) >= 11 is 3.42. The fourth-order valence-electron chi connectivity index (χ4n) is 1.87. The molecule has 0 radical (unpaired) electrons. The van der Waals surface area contributed by atoms with E-state index in [0.717, 1.165) is 21.3 Å². The van der Waals surface area contributed by atoms with Crippen molar-refractivity contribution in [3.63, 3.8) is 0 Å². The Morgan fingerprint density at radius 2 is 2.16 bits per heavy atom. The molecule has 0 N–H and O–H groups in total. The summed E-state index contributed by atoms with van der Waals surface area (Å²) < 4.78 is 6.01. The molecule has 3 nitrogen and oxygen atoms in total. The minimum absolute atomic E-state index is 0.0233. The van der Waals surface area contributed by atoms with E-state index in [1.54, 1.807) is 13.3 Å². The smallest absolute Gasteiger partial charge is 0.185 e. The zero-order valence-corrected chi connectivity index (χ0v) is 12.4. The number of halogens is 1. The Balaban J connectivity index is 2.20. The van der Waals surface area contributed by atoms with E-state index in [2.05, 4.69) is 20.9 Å². The van der Waals surface area contributed by atoms with Crippen LogP contribution in [0, 0.1) is 6.92 Å². The van der Waals surface area contributed by atoms with Crippen molar-refractivity contribution in [2.75, 3.05) is 7.11 Å². The zero-order chi connectivity index (χ0) is 13.8. The van der Waals surface area contributed by atoms with Gasteiger partial charge in [-0.1, -0.05) is 12.1 Å². The van der Waals surface area contributed by atoms with Gasteiger partial charge in [0.05, 0.1) is 11.6 Å². The first-order valence-corrected chi connectivity index (χ1v) is 6.68. The maximum atomic E-state index is 12.2. The van der Waals surface area contributed by atoms with Crippen LogP contribution in [0.4, 0.5) is 0 Å². The molecule has 98 valence electrons. The van der Waals surface area contributed by atoms with Gasteiger partial charge in [0.2, 0.25) is 0 Å². The lowest BCUT2D eigenvalue weighted by atomic mass is 10.0. The normalized spacial score (nSPS) is 10.3. The molecule has 0 aliphatic rings. The van der Waals surface area contributed by atoms with Crippen LogP contribution in [0.1, 0.15) is 21.6 Å². The summed E-state index contributed by atoms with van der Waals surface area (Å²) in [4.78, 5) is 16.3. The van der Waals surface area contributed by atoms with Crippen molar-refractivity contribution >= 4 is 21.7 Å². The van der Waals surface area contributed by atoms with Crippen LogP contribution in [0.15, 0.2) is 41.0 Å². The van der Waals surface area contributed by atoms with Crippen LogP contribution in [-0.4, -0.2) is 17.9 Å². The van der Waals surface area contributed by atoms with E-state index in [9.17, 15) is 4.79 Å². The number of benzene rings is 1. The Morgan fingerprint density at radius 1 is 1.37 bits per heavy atom. The standard InChI is InChI=1S/C15H14BrNO2/c1-10-4-3-7-17-15(10)13(18)9-11-5-6-14(19-2)12(16)8-11/h3-8H,9H2,1-2H3. The topological polar surface area (TPSA) is 39.2 Å². The number of carbonyl (C=O) groups is 1. The van der Waals surface area contributed by atoms with Gasteiger partial charge < -0.3 is 4.74 Å². The van der Waals surface area contributed by atoms with Crippen molar-refractivity contribution in [2.45, 2.75) is 13.3 Å². The molecule has 0 aliphatic carbocycles. The van der Waals surface area contributed by atoms with E-state index in [1.807, 2.05) is 37.3 Å². The lowest BCUT2D eigenvalue weighted by Crippen LogP contribution is -2.08. The second kappa shape index (κ2) is 5.97. The maximum Gasteiger partial charge on any atom is 0.185 e. The number of rotatable bonds is 4. The molecule has 19 heavy (non-hydrogen) atoms. The van der Waals surface area contributed by atoms with Gasteiger partial charge in [-0.2, -0.15) is 0 Å². The fourth-order valence-corrected chi connectivity index (χ4v) is 2.45. The van der Waals surface area contributed by atoms with Crippen LogP contribution in [0.3, 0.4) is 0 Å². The van der Waals surface area contributed by atoms with Gasteiger partial charge in [0.15, 0.2) is 5.78 Å². The number of ether oxygens (including phenoxy) is 1. The molecule has 0 fully saturated rings. The zero-order valence-electron chi connectivity index (χ0n) is 10.8. The molecule has 1 heterocycles. The van der Waals surface area contributed by atoms with E-state index in [1.165, 1.54) is 0 Å². The number of ketones is 1. The van der Waals surface area contributed by atoms with Crippen LogP contribution in [-0.2, 0) is 6.42 Å². The lowest BCUT2D eigenvalue weighted by molar-refractivity contribution is 0.0987. The third kappa shape index (κ3) is 3.20. The fraction of sp³-hybridized carbons (Fsp3) is 0.200. The number of pyridine rings is 1. The second-order valence-electron chi connectivity index (χ2n) is 4.24. The van der Waals surface area contributed by atoms with Gasteiger partial charge in [0, 0.05) is 12.6 Å². The number of hydrogen-bond acceptors (Lipinski definition) is 3. The van der Waals surface area contributed by atoms with Gasteiger partial charge in [0.25, 0.3) is 0 Å². The highest BCUT2D eigenvalue weighted by molar-refractivity contribution is 9.10. The Kier molecular flexibility index (Phi) is 4.32. The van der Waals surface area contributed by atoms with Crippen molar-refractivity contribution in [3.8, 4) is 5.75 Å². The summed E-state index contributed by atoms with van der Waals surface area (Å²) in [7, 11) is 1.61. The van der Waals surface area contributed by atoms with Gasteiger partial charge in [0.1, 0.15) is 11.4 Å². The molecule has 2 aromatic rings. The molecule has 0 atom stereocenters. The lowest BCUT2D eigenvalue weighted by Gasteiger charge is -2.07. The molecule has 0 saturated heterocycles. The van der Waals surface area contributed by atoms with Gasteiger partial charge in [-0.05, 0) is 52.2 Å². The molecule has 0 spiro atoms. The highest BCUT2D eigenvalue weighted by atomic mass is 79.9. The van der Waals surface area contributed by atoms with Gasteiger partial charge in [-0.25, -0.2) is 0 Å². The monoisotopic (exact) mass is 319 g/mol. The van der Waals surface area contributed by atoms with E-state index in [0.29, 0.717) is 12.1 Å². The highest BCUT2D eigenvalue weighted by Gasteiger charge is 2.12.